The Kier molecular flexibility index (Phi) is 4.76. The molecular formula is C15H20FNO. The summed E-state index contributed by atoms with van der Waals surface area (Å²) in [5, 5.41) is 3.38. The second kappa shape index (κ2) is 6.55. The molecular weight excluding hydrogens is 229 g/mol. The Hall–Kier alpha value is -1.35. The average molecular weight is 249 g/mol. The molecule has 18 heavy (non-hydrogen) atoms. The number of halogens is 1. The smallest absolute Gasteiger partial charge is 0.165 e. The monoisotopic (exact) mass is 249 g/mol. The van der Waals surface area contributed by atoms with Crippen LogP contribution in [0.15, 0.2) is 30.9 Å². The van der Waals surface area contributed by atoms with Crippen LogP contribution < -0.4 is 10.1 Å². The quantitative estimate of drug-likeness (QED) is 0.563. The molecule has 1 aromatic rings. The molecule has 1 N–H and O–H groups in total. The summed E-state index contributed by atoms with van der Waals surface area (Å²) in [7, 11) is 0. The molecule has 1 saturated carbocycles. The molecule has 2 nitrogen and oxygen atoms in total. The minimum atomic E-state index is -0.274. The van der Waals surface area contributed by atoms with Crippen LogP contribution in [0.1, 0.15) is 31.2 Å². The van der Waals surface area contributed by atoms with Gasteiger partial charge in [0.25, 0.3) is 0 Å². The predicted octanol–water partition coefficient (Wildman–Crippen LogP) is 3.42. The summed E-state index contributed by atoms with van der Waals surface area (Å²) in [6.07, 6.45) is 6.06. The second-order valence-electron chi connectivity index (χ2n) is 4.66. The summed E-state index contributed by atoms with van der Waals surface area (Å²) in [5.74, 6) is 0.124. The number of hydrogen-bond donors (Lipinski definition) is 1. The highest BCUT2D eigenvalue weighted by atomic mass is 19.1. The Bertz CT molecular complexity index is 401. The zero-order valence-corrected chi connectivity index (χ0v) is 10.6. The van der Waals surface area contributed by atoms with Crippen molar-refractivity contribution in [3.63, 3.8) is 0 Å². The first-order valence-electron chi connectivity index (χ1n) is 6.55. The summed E-state index contributed by atoms with van der Waals surface area (Å²) in [4.78, 5) is 0. The Morgan fingerprint density at radius 1 is 1.44 bits per heavy atom. The maximum Gasteiger partial charge on any atom is 0.165 e. The number of benzene rings is 1. The van der Waals surface area contributed by atoms with E-state index in [1.807, 2.05) is 12.1 Å². The van der Waals surface area contributed by atoms with Crippen LogP contribution in [0.2, 0.25) is 0 Å². The number of rotatable bonds is 8. The number of allylic oxidation sites excluding steroid dienone is 1. The highest BCUT2D eigenvalue weighted by Gasteiger charge is 2.21. The molecule has 0 heterocycles. The van der Waals surface area contributed by atoms with Crippen LogP contribution in [0, 0.1) is 5.82 Å². The van der Waals surface area contributed by atoms with Gasteiger partial charge in [-0.1, -0.05) is 18.2 Å². The van der Waals surface area contributed by atoms with Crippen molar-refractivity contribution in [2.45, 2.75) is 38.3 Å². The lowest BCUT2D eigenvalue weighted by Gasteiger charge is -2.12. The van der Waals surface area contributed by atoms with Crippen molar-refractivity contribution in [1.82, 2.24) is 5.32 Å². The van der Waals surface area contributed by atoms with E-state index in [1.165, 1.54) is 18.9 Å². The normalized spacial score (nSPS) is 14.5. The maximum absolute atomic E-state index is 13.7. The minimum absolute atomic E-state index is 0.274. The third-order valence-corrected chi connectivity index (χ3v) is 3.01. The van der Waals surface area contributed by atoms with Crippen molar-refractivity contribution in [3.05, 3.63) is 42.2 Å². The molecule has 98 valence electrons. The molecule has 0 aromatic heterocycles. The van der Waals surface area contributed by atoms with Crippen molar-refractivity contribution in [2.75, 3.05) is 6.61 Å². The Morgan fingerprint density at radius 2 is 2.28 bits per heavy atom. The Labute approximate surface area is 108 Å². The van der Waals surface area contributed by atoms with Crippen LogP contribution in [-0.2, 0) is 6.54 Å². The molecule has 0 atom stereocenters. The average Bonchev–Trinajstić information content (AvgIpc) is 3.18. The van der Waals surface area contributed by atoms with Crippen molar-refractivity contribution in [3.8, 4) is 5.75 Å². The lowest BCUT2D eigenvalue weighted by molar-refractivity contribution is 0.292. The fourth-order valence-corrected chi connectivity index (χ4v) is 1.80. The van der Waals surface area contributed by atoms with Crippen LogP contribution >= 0.6 is 0 Å². The first kappa shape index (κ1) is 13.1. The van der Waals surface area contributed by atoms with E-state index in [9.17, 15) is 4.39 Å². The summed E-state index contributed by atoms with van der Waals surface area (Å²) in [6, 6.07) is 5.71. The van der Waals surface area contributed by atoms with Crippen molar-refractivity contribution in [2.24, 2.45) is 0 Å². The standard InChI is InChI=1S/C15H20FNO/c1-2-3-4-10-18-15-12(6-5-7-14(15)16)11-17-13-8-9-13/h2,5-7,13,17H,1,3-4,8-11H2. The molecule has 1 aliphatic carbocycles. The Morgan fingerprint density at radius 3 is 3.00 bits per heavy atom. The van der Waals surface area contributed by atoms with E-state index in [1.54, 1.807) is 6.07 Å². The highest BCUT2D eigenvalue weighted by molar-refractivity contribution is 5.35. The number of ether oxygens (including phenoxy) is 1. The first-order valence-corrected chi connectivity index (χ1v) is 6.55. The van der Waals surface area contributed by atoms with Gasteiger partial charge in [-0.05, 0) is 31.7 Å². The van der Waals surface area contributed by atoms with Gasteiger partial charge in [-0.3, -0.25) is 0 Å². The molecule has 1 aliphatic rings. The van der Waals surface area contributed by atoms with Gasteiger partial charge in [0.1, 0.15) is 0 Å². The van der Waals surface area contributed by atoms with Gasteiger partial charge in [0.2, 0.25) is 0 Å². The molecule has 1 aromatic carbocycles. The first-order chi connectivity index (χ1) is 8.81. The van der Waals surface area contributed by atoms with Gasteiger partial charge >= 0.3 is 0 Å². The maximum atomic E-state index is 13.7. The lowest BCUT2D eigenvalue weighted by Crippen LogP contribution is -2.16. The topological polar surface area (TPSA) is 21.3 Å². The molecule has 0 spiro atoms. The predicted molar refractivity (Wildman–Crippen MR) is 71.2 cm³/mol. The number of hydrogen-bond acceptors (Lipinski definition) is 2. The molecule has 2 rings (SSSR count). The fraction of sp³-hybridized carbons (Fsp3) is 0.467. The molecule has 3 heteroatoms. The third-order valence-electron chi connectivity index (χ3n) is 3.01. The van der Waals surface area contributed by atoms with Crippen LogP contribution in [0.25, 0.3) is 0 Å². The van der Waals surface area contributed by atoms with Crippen LogP contribution in [0.5, 0.6) is 5.75 Å². The van der Waals surface area contributed by atoms with E-state index in [4.69, 9.17) is 4.74 Å². The second-order valence-corrected chi connectivity index (χ2v) is 4.66. The van der Waals surface area contributed by atoms with Gasteiger partial charge in [0.15, 0.2) is 11.6 Å². The zero-order valence-electron chi connectivity index (χ0n) is 10.6. The van der Waals surface area contributed by atoms with Crippen LogP contribution in [0.4, 0.5) is 4.39 Å². The summed E-state index contributed by atoms with van der Waals surface area (Å²) >= 11 is 0. The van der Waals surface area contributed by atoms with Gasteiger partial charge in [-0.25, -0.2) is 4.39 Å². The van der Waals surface area contributed by atoms with E-state index < -0.39 is 0 Å². The molecule has 0 radical (unpaired) electrons. The largest absolute Gasteiger partial charge is 0.490 e. The number of nitrogens with one attached hydrogen (secondary N) is 1. The van der Waals surface area contributed by atoms with Gasteiger partial charge in [-0.2, -0.15) is 0 Å². The van der Waals surface area contributed by atoms with E-state index >= 15 is 0 Å². The van der Waals surface area contributed by atoms with Crippen molar-refractivity contribution in [1.29, 1.82) is 0 Å². The third kappa shape index (κ3) is 3.84. The molecule has 0 bridgehead atoms. The molecule has 0 saturated heterocycles. The van der Waals surface area contributed by atoms with Gasteiger partial charge in [0.05, 0.1) is 6.61 Å². The molecule has 0 aliphatic heterocycles. The lowest BCUT2D eigenvalue weighted by atomic mass is 10.2. The Balaban J connectivity index is 1.93. The van der Waals surface area contributed by atoms with E-state index in [0.29, 0.717) is 24.9 Å². The summed E-state index contributed by atoms with van der Waals surface area (Å²) < 4.78 is 19.3. The fourth-order valence-electron chi connectivity index (χ4n) is 1.80. The van der Waals surface area contributed by atoms with Crippen molar-refractivity contribution < 1.29 is 9.13 Å². The van der Waals surface area contributed by atoms with E-state index in [-0.39, 0.29) is 5.82 Å². The number of unbranched alkanes of at least 4 members (excludes halogenated alkanes) is 1. The number of para-hydroxylation sites is 1. The molecule has 1 fully saturated rings. The molecule has 0 amide bonds. The summed E-state index contributed by atoms with van der Waals surface area (Å²) in [5.41, 5.74) is 0.903. The van der Waals surface area contributed by atoms with E-state index in [0.717, 1.165) is 18.4 Å². The van der Waals surface area contributed by atoms with Crippen LogP contribution in [0.3, 0.4) is 0 Å². The molecule has 0 unspecified atom stereocenters. The van der Waals surface area contributed by atoms with Gasteiger partial charge in [-0.15, -0.1) is 6.58 Å². The van der Waals surface area contributed by atoms with Crippen molar-refractivity contribution >= 4 is 0 Å². The minimum Gasteiger partial charge on any atom is -0.490 e. The van der Waals surface area contributed by atoms with Gasteiger partial charge < -0.3 is 10.1 Å². The van der Waals surface area contributed by atoms with E-state index in [2.05, 4.69) is 11.9 Å². The van der Waals surface area contributed by atoms with Crippen LogP contribution in [-0.4, -0.2) is 12.6 Å². The van der Waals surface area contributed by atoms with Gasteiger partial charge in [0, 0.05) is 18.2 Å². The zero-order chi connectivity index (χ0) is 12.8. The SMILES string of the molecule is C=CCCCOc1c(F)cccc1CNC1CC1. The highest BCUT2D eigenvalue weighted by Crippen LogP contribution is 2.25. The summed E-state index contributed by atoms with van der Waals surface area (Å²) in [6.45, 7) is 4.87.